The second kappa shape index (κ2) is 7.60. The van der Waals surface area contributed by atoms with E-state index in [1.807, 2.05) is 18.7 Å². The van der Waals surface area contributed by atoms with E-state index >= 15 is 0 Å². The second-order valence-corrected chi connectivity index (χ2v) is 7.27. The second-order valence-electron chi connectivity index (χ2n) is 7.27. The van der Waals surface area contributed by atoms with Crippen molar-refractivity contribution >= 4 is 11.8 Å². The van der Waals surface area contributed by atoms with Crippen LogP contribution in [-0.2, 0) is 4.79 Å². The average Bonchev–Trinajstić information content (AvgIpc) is 2.98. The van der Waals surface area contributed by atoms with E-state index < -0.39 is 0 Å². The summed E-state index contributed by atoms with van der Waals surface area (Å²) in [5.41, 5.74) is 0.595. The summed E-state index contributed by atoms with van der Waals surface area (Å²) >= 11 is 0. The lowest BCUT2D eigenvalue weighted by Gasteiger charge is -2.39. The number of quaternary nitrogens is 1. The molecule has 1 aromatic rings. The zero-order chi connectivity index (χ0) is 18.0. The van der Waals surface area contributed by atoms with Crippen molar-refractivity contribution in [2.75, 3.05) is 39.3 Å². The lowest BCUT2D eigenvalue weighted by atomic mass is 9.99. The van der Waals surface area contributed by atoms with E-state index in [9.17, 15) is 9.59 Å². The number of likely N-dealkylation sites (tertiary alicyclic amines) is 1. The number of carbonyl (C=O) groups is 2. The SMILES string of the molecule is CC[NH+]1CCN(C(=O)[C@@H]2CCCCN2C(=O)c2cc(C)oc2C)CC1. The first-order valence-electron chi connectivity index (χ1n) is 9.51. The van der Waals surface area contributed by atoms with E-state index in [0.29, 0.717) is 17.9 Å². The quantitative estimate of drug-likeness (QED) is 0.872. The maximum Gasteiger partial charge on any atom is 0.258 e. The van der Waals surface area contributed by atoms with Gasteiger partial charge in [-0.15, -0.1) is 0 Å². The van der Waals surface area contributed by atoms with Crippen LogP contribution in [0.2, 0.25) is 0 Å². The Morgan fingerprint density at radius 1 is 1.20 bits per heavy atom. The van der Waals surface area contributed by atoms with Gasteiger partial charge in [-0.05, 0) is 46.1 Å². The maximum absolute atomic E-state index is 13.1. The topological polar surface area (TPSA) is 58.2 Å². The molecule has 0 aromatic carbocycles. The highest BCUT2D eigenvalue weighted by atomic mass is 16.3. The van der Waals surface area contributed by atoms with Gasteiger partial charge in [-0.1, -0.05) is 0 Å². The van der Waals surface area contributed by atoms with E-state index in [-0.39, 0.29) is 17.9 Å². The number of rotatable bonds is 3. The molecule has 2 aliphatic heterocycles. The van der Waals surface area contributed by atoms with Gasteiger partial charge in [0.1, 0.15) is 17.6 Å². The minimum Gasteiger partial charge on any atom is -0.466 e. The molecule has 2 fully saturated rings. The Kier molecular flexibility index (Phi) is 5.47. The molecule has 1 atom stereocenters. The predicted octanol–water partition coefficient (Wildman–Crippen LogP) is 0.638. The molecule has 138 valence electrons. The van der Waals surface area contributed by atoms with E-state index in [4.69, 9.17) is 4.42 Å². The summed E-state index contributed by atoms with van der Waals surface area (Å²) in [5.74, 6) is 1.44. The summed E-state index contributed by atoms with van der Waals surface area (Å²) in [6.07, 6.45) is 2.73. The molecule has 2 aliphatic rings. The molecule has 3 heterocycles. The zero-order valence-electron chi connectivity index (χ0n) is 15.6. The number of carbonyl (C=O) groups excluding carboxylic acids is 2. The van der Waals surface area contributed by atoms with Crippen LogP contribution in [0.1, 0.15) is 48.1 Å². The zero-order valence-corrected chi connectivity index (χ0v) is 15.6. The molecule has 25 heavy (non-hydrogen) atoms. The van der Waals surface area contributed by atoms with Gasteiger partial charge >= 0.3 is 0 Å². The van der Waals surface area contributed by atoms with Crippen LogP contribution in [0.25, 0.3) is 0 Å². The molecule has 6 nitrogen and oxygen atoms in total. The van der Waals surface area contributed by atoms with Crippen LogP contribution < -0.4 is 4.90 Å². The number of furan rings is 1. The fourth-order valence-electron chi connectivity index (χ4n) is 4.04. The van der Waals surface area contributed by atoms with Gasteiger partial charge in [0, 0.05) is 6.54 Å². The van der Waals surface area contributed by atoms with Crippen LogP contribution in [-0.4, -0.2) is 66.9 Å². The van der Waals surface area contributed by atoms with E-state index in [1.54, 1.807) is 15.9 Å². The molecule has 6 heteroatoms. The monoisotopic (exact) mass is 348 g/mol. The van der Waals surface area contributed by atoms with Crippen LogP contribution in [0.4, 0.5) is 0 Å². The van der Waals surface area contributed by atoms with Gasteiger partial charge in [-0.25, -0.2) is 0 Å². The van der Waals surface area contributed by atoms with Crippen molar-refractivity contribution in [3.8, 4) is 0 Å². The van der Waals surface area contributed by atoms with Gasteiger partial charge in [0.25, 0.3) is 5.91 Å². The summed E-state index contributed by atoms with van der Waals surface area (Å²) < 4.78 is 5.52. The van der Waals surface area contributed by atoms with Gasteiger partial charge in [0.2, 0.25) is 5.91 Å². The lowest BCUT2D eigenvalue weighted by Crippen LogP contribution is -3.14. The number of amides is 2. The van der Waals surface area contributed by atoms with Crippen molar-refractivity contribution < 1.29 is 18.9 Å². The third-order valence-corrected chi connectivity index (χ3v) is 5.60. The summed E-state index contributed by atoms with van der Waals surface area (Å²) in [5, 5.41) is 0. The Morgan fingerprint density at radius 2 is 1.92 bits per heavy atom. The highest BCUT2D eigenvalue weighted by Crippen LogP contribution is 2.24. The minimum atomic E-state index is -0.320. The van der Waals surface area contributed by atoms with Gasteiger partial charge < -0.3 is 19.1 Å². The Morgan fingerprint density at radius 3 is 2.52 bits per heavy atom. The summed E-state index contributed by atoms with van der Waals surface area (Å²) in [6, 6.07) is 1.47. The fraction of sp³-hybridized carbons (Fsp3) is 0.684. The summed E-state index contributed by atoms with van der Waals surface area (Å²) in [7, 11) is 0. The van der Waals surface area contributed by atoms with E-state index in [0.717, 1.165) is 57.7 Å². The molecule has 3 rings (SSSR count). The Labute approximate surface area is 149 Å². The first kappa shape index (κ1) is 18.0. The maximum atomic E-state index is 13.1. The smallest absolute Gasteiger partial charge is 0.258 e. The Hall–Kier alpha value is -1.82. The van der Waals surface area contributed by atoms with Gasteiger partial charge in [-0.3, -0.25) is 9.59 Å². The molecular weight excluding hydrogens is 318 g/mol. The van der Waals surface area contributed by atoms with Crippen molar-refractivity contribution in [2.24, 2.45) is 0 Å². The third kappa shape index (κ3) is 3.73. The molecule has 1 aromatic heterocycles. The van der Waals surface area contributed by atoms with Crippen molar-refractivity contribution in [3.05, 3.63) is 23.2 Å². The molecule has 0 saturated carbocycles. The minimum absolute atomic E-state index is 0.0646. The number of hydrogen-bond donors (Lipinski definition) is 1. The molecule has 0 radical (unpaired) electrons. The highest BCUT2D eigenvalue weighted by molar-refractivity contribution is 5.98. The number of nitrogens with zero attached hydrogens (tertiary/aromatic N) is 2. The van der Waals surface area contributed by atoms with E-state index in [2.05, 4.69) is 6.92 Å². The summed E-state index contributed by atoms with van der Waals surface area (Å²) in [6.45, 7) is 11.2. The lowest BCUT2D eigenvalue weighted by molar-refractivity contribution is -0.902. The first-order chi connectivity index (χ1) is 12.0. The molecule has 2 saturated heterocycles. The first-order valence-corrected chi connectivity index (χ1v) is 9.51. The number of likely N-dealkylation sites (N-methyl/N-ethyl adjacent to an activating group) is 1. The van der Waals surface area contributed by atoms with Gasteiger partial charge in [0.15, 0.2) is 0 Å². The molecular formula is C19H30N3O3+. The summed E-state index contributed by atoms with van der Waals surface area (Å²) in [4.78, 5) is 31.4. The molecule has 2 amide bonds. The van der Waals surface area contributed by atoms with Crippen molar-refractivity contribution in [1.82, 2.24) is 9.80 Å². The van der Waals surface area contributed by atoms with Crippen LogP contribution >= 0.6 is 0 Å². The Balaban J connectivity index is 1.73. The molecule has 0 unspecified atom stereocenters. The molecule has 1 N–H and O–H groups in total. The number of piperazine rings is 1. The standard InChI is InChI=1S/C19H29N3O3/c1-4-20-9-11-21(12-10-20)19(24)17-7-5-6-8-22(17)18(23)16-13-14(2)25-15(16)3/h13,17H,4-12H2,1-3H3/p+1/t17-/m0/s1. The largest absolute Gasteiger partial charge is 0.466 e. The number of piperidine rings is 1. The average molecular weight is 348 g/mol. The van der Waals surface area contributed by atoms with E-state index in [1.165, 1.54) is 0 Å². The molecule has 0 aliphatic carbocycles. The van der Waals surface area contributed by atoms with Crippen LogP contribution in [0, 0.1) is 13.8 Å². The van der Waals surface area contributed by atoms with Crippen molar-refractivity contribution in [2.45, 2.75) is 46.1 Å². The van der Waals surface area contributed by atoms with Crippen molar-refractivity contribution in [1.29, 1.82) is 0 Å². The van der Waals surface area contributed by atoms with Crippen LogP contribution in [0.5, 0.6) is 0 Å². The van der Waals surface area contributed by atoms with Crippen molar-refractivity contribution in [3.63, 3.8) is 0 Å². The normalized spacial score (nSPS) is 22.3. The predicted molar refractivity (Wildman–Crippen MR) is 94.7 cm³/mol. The van der Waals surface area contributed by atoms with Gasteiger partial charge in [0.05, 0.1) is 38.3 Å². The van der Waals surface area contributed by atoms with Crippen LogP contribution in [0.3, 0.4) is 0 Å². The molecule has 0 spiro atoms. The number of aryl methyl sites for hydroxylation is 2. The highest BCUT2D eigenvalue weighted by Gasteiger charge is 2.37. The number of nitrogens with one attached hydrogen (secondary N) is 1. The number of hydrogen-bond acceptors (Lipinski definition) is 3. The molecule has 0 bridgehead atoms. The third-order valence-electron chi connectivity index (χ3n) is 5.60. The fourth-order valence-corrected chi connectivity index (χ4v) is 4.04. The van der Waals surface area contributed by atoms with Gasteiger partial charge in [-0.2, -0.15) is 0 Å². The Bertz CT molecular complexity index is 632. The van der Waals surface area contributed by atoms with Crippen LogP contribution in [0.15, 0.2) is 10.5 Å².